The van der Waals surface area contributed by atoms with Crippen LogP contribution in [-0.4, -0.2) is 30.3 Å². The standard InChI is InChI=1S/C17H9Cl2F3N6O/c18-12-5-3-9(4-6-12)15-24-26-27-28(15)8-11-2-1-10(7-13(11)19)14-23-16(29-25-14)17(20,21)22/h1-7H,8H2. The first-order valence-corrected chi connectivity index (χ1v) is 8.78. The number of rotatable bonds is 4. The molecule has 148 valence electrons. The molecule has 4 aromatic rings. The summed E-state index contributed by atoms with van der Waals surface area (Å²) >= 11 is 12.2. The Morgan fingerprint density at radius 3 is 2.38 bits per heavy atom. The minimum Gasteiger partial charge on any atom is -0.329 e. The lowest BCUT2D eigenvalue weighted by Crippen LogP contribution is -2.05. The second kappa shape index (κ2) is 7.45. The summed E-state index contributed by atoms with van der Waals surface area (Å²) in [5.74, 6) is -1.13. The fourth-order valence-corrected chi connectivity index (χ4v) is 2.92. The van der Waals surface area contributed by atoms with Gasteiger partial charge in [0.05, 0.1) is 6.54 Å². The SMILES string of the molecule is FC(F)(F)c1nc(-c2ccc(Cn3nnnc3-c3ccc(Cl)cc3)c(Cl)c2)no1. The zero-order chi connectivity index (χ0) is 20.6. The Morgan fingerprint density at radius 2 is 1.72 bits per heavy atom. The highest BCUT2D eigenvalue weighted by atomic mass is 35.5. The van der Waals surface area contributed by atoms with Crippen LogP contribution in [0.15, 0.2) is 47.0 Å². The summed E-state index contributed by atoms with van der Waals surface area (Å²) in [5.41, 5.74) is 1.70. The fraction of sp³-hybridized carbons (Fsp3) is 0.118. The highest BCUT2D eigenvalue weighted by Gasteiger charge is 2.38. The first-order chi connectivity index (χ1) is 13.8. The van der Waals surface area contributed by atoms with Crippen LogP contribution in [0.4, 0.5) is 13.2 Å². The summed E-state index contributed by atoms with van der Waals surface area (Å²) < 4.78 is 43.6. The minimum absolute atomic E-state index is 0.213. The van der Waals surface area contributed by atoms with Crippen LogP contribution in [0.2, 0.25) is 10.0 Å². The van der Waals surface area contributed by atoms with Gasteiger partial charge in [-0.15, -0.1) is 5.10 Å². The van der Waals surface area contributed by atoms with E-state index in [1.165, 1.54) is 6.07 Å². The van der Waals surface area contributed by atoms with Crippen LogP contribution in [0.25, 0.3) is 22.8 Å². The maximum Gasteiger partial charge on any atom is 0.471 e. The molecule has 0 saturated carbocycles. The zero-order valence-corrected chi connectivity index (χ0v) is 15.7. The van der Waals surface area contributed by atoms with Gasteiger partial charge in [-0.1, -0.05) is 40.5 Å². The maximum atomic E-state index is 12.6. The Kier molecular flexibility index (Phi) is 4.97. The Bertz CT molecular complexity index is 1160. The molecule has 0 N–H and O–H groups in total. The van der Waals surface area contributed by atoms with E-state index < -0.39 is 12.1 Å². The Morgan fingerprint density at radius 1 is 1.00 bits per heavy atom. The molecule has 0 saturated heterocycles. The third-order valence-corrected chi connectivity index (χ3v) is 4.54. The molecule has 0 aliphatic rings. The quantitative estimate of drug-likeness (QED) is 0.454. The summed E-state index contributed by atoms with van der Waals surface area (Å²) in [4.78, 5) is 3.35. The predicted octanol–water partition coefficient (Wildman–Crippen LogP) is 4.76. The lowest BCUT2D eigenvalue weighted by molar-refractivity contribution is -0.159. The van der Waals surface area contributed by atoms with Gasteiger partial charge < -0.3 is 4.52 Å². The minimum atomic E-state index is -4.72. The molecule has 4 rings (SSSR count). The zero-order valence-electron chi connectivity index (χ0n) is 14.2. The number of hydrogen-bond donors (Lipinski definition) is 0. The second-order valence-corrected chi connectivity index (χ2v) is 6.74. The van der Waals surface area contributed by atoms with E-state index in [0.717, 1.165) is 5.56 Å². The smallest absolute Gasteiger partial charge is 0.329 e. The van der Waals surface area contributed by atoms with E-state index in [2.05, 4.69) is 30.2 Å². The number of hydrogen-bond acceptors (Lipinski definition) is 6. The third-order valence-electron chi connectivity index (χ3n) is 3.93. The van der Waals surface area contributed by atoms with E-state index >= 15 is 0 Å². The second-order valence-electron chi connectivity index (χ2n) is 5.89. The molecule has 0 amide bonds. The average molecular weight is 441 g/mol. The van der Waals surface area contributed by atoms with Gasteiger partial charge in [-0.3, -0.25) is 0 Å². The monoisotopic (exact) mass is 440 g/mol. The molecule has 2 heterocycles. The van der Waals surface area contributed by atoms with E-state index in [0.29, 0.717) is 21.4 Å². The van der Waals surface area contributed by atoms with Crippen molar-refractivity contribution < 1.29 is 17.7 Å². The number of aromatic nitrogens is 6. The number of tetrazole rings is 1. The molecule has 0 unspecified atom stereocenters. The van der Waals surface area contributed by atoms with Crippen molar-refractivity contribution in [3.63, 3.8) is 0 Å². The molecule has 0 spiro atoms. The lowest BCUT2D eigenvalue weighted by Gasteiger charge is -2.08. The van der Waals surface area contributed by atoms with Crippen LogP contribution < -0.4 is 0 Å². The van der Waals surface area contributed by atoms with E-state index in [4.69, 9.17) is 23.2 Å². The van der Waals surface area contributed by atoms with E-state index in [1.807, 2.05) is 0 Å². The summed E-state index contributed by atoms with van der Waals surface area (Å²) in [6.45, 7) is 0.240. The number of alkyl halides is 3. The summed E-state index contributed by atoms with van der Waals surface area (Å²) in [7, 11) is 0. The normalized spacial score (nSPS) is 11.8. The molecule has 12 heteroatoms. The predicted molar refractivity (Wildman–Crippen MR) is 97.1 cm³/mol. The Hall–Kier alpha value is -2.98. The molecule has 0 bridgehead atoms. The van der Waals surface area contributed by atoms with Gasteiger partial charge >= 0.3 is 12.1 Å². The Balaban J connectivity index is 1.59. The van der Waals surface area contributed by atoms with Crippen LogP contribution in [0, 0.1) is 0 Å². The molecule has 7 nitrogen and oxygen atoms in total. The molecular weight excluding hydrogens is 432 g/mol. The van der Waals surface area contributed by atoms with E-state index in [1.54, 1.807) is 41.1 Å². The van der Waals surface area contributed by atoms with E-state index in [9.17, 15) is 13.2 Å². The molecule has 29 heavy (non-hydrogen) atoms. The van der Waals surface area contributed by atoms with Gasteiger partial charge in [0.15, 0.2) is 5.82 Å². The van der Waals surface area contributed by atoms with Crippen molar-refractivity contribution >= 4 is 23.2 Å². The number of halogens is 5. The molecule has 0 atom stereocenters. The molecule has 0 fully saturated rings. The van der Waals surface area contributed by atoms with Crippen LogP contribution in [0.1, 0.15) is 11.5 Å². The van der Waals surface area contributed by atoms with Crippen molar-refractivity contribution in [2.24, 2.45) is 0 Å². The maximum absolute atomic E-state index is 12.6. The highest BCUT2D eigenvalue weighted by Crippen LogP contribution is 2.31. The molecule has 0 aliphatic heterocycles. The largest absolute Gasteiger partial charge is 0.471 e. The number of benzene rings is 2. The van der Waals surface area contributed by atoms with Crippen molar-refractivity contribution in [3.05, 3.63) is 64.0 Å². The fourth-order valence-electron chi connectivity index (χ4n) is 2.55. The van der Waals surface area contributed by atoms with Gasteiger partial charge in [-0.2, -0.15) is 18.2 Å². The number of nitrogens with zero attached hydrogens (tertiary/aromatic N) is 6. The highest BCUT2D eigenvalue weighted by molar-refractivity contribution is 6.31. The van der Waals surface area contributed by atoms with Gasteiger partial charge in [-0.25, -0.2) is 4.68 Å². The summed E-state index contributed by atoms with van der Waals surface area (Å²) in [6.07, 6.45) is -4.72. The van der Waals surface area contributed by atoms with Crippen molar-refractivity contribution in [1.82, 2.24) is 30.3 Å². The lowest BCUT2D eigenvalue weighted by atomic mass is 10.1. The van der Waals surface area contributed by atoms with Gasteiger partial charge in [0.2, 0.25) is 5.82 Å². The topological polar surface area (TPSA) is 82.5 Å². The van der Waals surface area contributed by atoms with Crippen LogP contribution in [0.5, 0.6) is 0 Å². The molecule has 2 aromatic heterocycles. The van der Waals surface area contributed by atoms with Gasteiger partial charge in [-0.05, 0) is 46.3 Å². The van der Waals surface area contributed by atoms with Gasteiger partial charge in [0.25, 0.3) is 0 Å². The van der Waals surface area contributed by atoms with Gasteiger partial charge in [0.1, 0.15) is 0 Å². The summed E-state index contributed by atoms with van der Waals surface area (Å²) in [5, 5.41) is 15.9. The van der Waals surface area contributed by atoms with Crippen LogP contribution in [0.3, 0.4) is 0 Å². The average Bonchev–Trinajstić information content (AvgIpc) is 3.33. The first-order valence-electron chi connectivity index (χ1n) is 8.03. The molecule has 0 aliphatic carbocycles. The molecule has 0 radical (unpaired) electrons. The van der Waals surface area contributed by atoms with Crippen molar-refractivity contribution in [3.8, 4) is 22.8 Å². The van der Waals surface area contributed by atoms with Crippen molar-refractivity contribution in [2.75, 3.05) is 0 Å². The Labute approximate surface area is 171 Å². The van der Waals surface area contributed by atoms with Crippen molar-refractivity contribution in [2.45, 2.75) is 12.7 Å². The third kappa shape index (κ3) is 4.08. The van der Waals surface area contributed by atoms with Crippen LogP contribution in [-0.2, 0) is 12.7 Å². The molecular formula is C17H9Cl2F3N6O. The molecule has 2 aromatic carbocycles. The van der Waals surface area contributed by atoms with Crippen molar-refractivity contribution in [1.29, 1.82) is 0 Å². The summed E-state index contributed by atoms with van der Waals surface area (Å²) in [6, 6.07) is 11.6. The van der Waals surface area contributed by atoms with E-state index in [-0.39, 0.29) is 17.9 Å². The first kappa shape index (κ1) is 19.3. The van der Waals surface area contributed by atoms with Crippen LogP contribution >= 0.6 is 23.2 Å². The van der Waals surface area contributed by atoms with Gasteiger partial charge in [0, 0.05) is 21.2 Å².